The zero-order valence-corrected chi connectivity index (χ0v) is 10.5. The first-order chi connectivity index (χ1) is 7.49. The Balaban J connectivity index is 2.48. The Morgan fingerprint density at radius 2 is 2.12 bits per heavy atom. The lowest BCUT2D eigenvalue weighted by molar-refractivity contribution is 0.161. The lowest BCUT2D eigenvalue weighted by Crippen LogP contribution is -2.21. The molecule has 0 aliphatic rings. The van der Waals surface area contributed by atoms with E-state index < -0.39 is 0 Å². The predicted molar refractivity (Wildman–Crippen MR) is 69.8 cm³/mol. The van der Waals surface area contributed by atoms with Crippen LogP contribution in [-0.4, -0.2) is 17.8 Å². The fraction of sp³-hybridized carbons (Fsp3) is 0.500. The van der Waals surface area contributed by atoms with Crippen molar-refractivity contribution in [2.75, 3.05) is 17.6 Å². The second kappa shape index (κ2) is 5.97. The van der Waals surface area contributed by atoms with E-state index in [1.165, 1.54) is 0 Å². The number of nitrogens with two attached hydrogens (primary N) is 1. The Hall–Kier alpha value is -0.930. The van der Waals surface area contributed by atoms with Gasteiger partial charge in [0.25, 0.3) is 0 Å². The molecule has 0 radical (unpaired) electrons. The lowest BCUT2D eigenvalue weighted by atomic mass is 10.1. The summed E-state index contributed by atoms with van der Waals surface area (Å²) in [5.74, 6) is 0.486. The molecule has 0 aliphatic carbocycles. The number of aliphatic hydroxyl groups excluding tert-OH is 1. The van der Waals surface area contributed by atoms with Crippen molar-refractivity contribution in [3.05, 3.63) is 23.2 Å². The molecular weight excluding hydrogens is 224 g/mol. The lowest BCUT2D eigenvalue weighted by Gasteiger charge is -2.15. The number of benzene rings is 1. The van der Waals surface area contributed by atoms with Gasteiger partial charge in [0.1, 0.15) is 0 Å². The van der Waals surface area contributed by atoms with Gasteiger partial charge in [-0.3, -0.25) is 0 Å². The summed E-state index contributed by atoms with van der Waals surface area (Å²) in [6, 6.07) is 5.29. The van der Waals surface area contributed by atoms with Crippen LogP contribution in [0.15, 0.2) is 18.2 Å². The van der Waals surface area contributed by atoms with E-state index in [2.05, 4.69) is 19.2 Å². The first kappa shape index (κ1) is 13.1. The summed E-state index contributed by atoms with van der Waals surface area (Å²) >= 11 is 5.79. The van der Waals surface area contributed by atoms with Crippen LogP contribution in [0.5, 0.6) is 0 Å². The Morgan fingerprint density at radius 3 is 2.69 bits per heavy atom. The van der Waals surface area contributed by atoms with Gasteiger partial charge in [0.2, 0.25) is 0 Å². The third kappa shape index (κ3) is 4.29. The van der Waals surface area contributed by atoms with Crippen molar-refractivity contribution < 1.29 is 5.11 Å². The summed E-state index contributed by atoms with van der Waals surface area (Å²) in [6.07, 6.45) is 0.426. The van der Waals surface area contributed by atoms with Crippen LogP contribution in [0.4, 0.5) is 11.4 Å². The number of nitrogens with one attached hydrogen (secondary N) is 1. The molecule has 0 aliphatic heterocycles. The number of aliphatic hydroxyl groups is 1. The molecular formula is C12H19ClN2O. The van der Waals surface area contributed by atoms with Crippen LogP contribution < -0.4 is 11.1 Å². The minimum Gasteiger partial charge on any atom is -0.397 e. The van der Waals surface area contributed by atoms with E-state index in [9.17, 15) is 5.11 Å². The highest BCUT2D eigenvalue weighted by molar-refractivity contribution is 6.31. The molecule has 4 N–H and O–H groups in total. The highest BCUT2D eigenvalue weighted by Crippen LogP contribution is 2.22. The number of hydrogen-bond donors (Lipinski definition) is 3. The largest absolute Gasteiger partial charge is 0.397 e. The van der Waals surface area contributed by atoms with Gasteiger partial charge in [-0.1, -0.05) is 25.4 Å². The summed E-state index contributed by atoms with van der Waals surface area (Å²) < 4.78 is 0. The van der Waals surface area contributed by atoms with Gasteiger partial charge in [-0.15, -0.1) is 0 Å². The van der Waals surface area contributed by atoms with Crippen LogP contribution in [0.25, 0.3) is 0 Å². The fourth-order valence-electron chi connectivity index (χ4n) is 1.55. The van der Waals surface area contributed by atoms with Crippen molar-refractivity contribution in [2.45, 2.75) is 26.4 Å². The Kier molecular flexibility index (Phi) is 4.90. The average molecular weight is 243 g/mol. The summed E-state index contributed by atoms with van der Waals surface area (Å²) in [5, 5.41) is 13.4. The van der Waals surface area contributed by atoms with E-state index in [0.717, 1.165) is 12.1 Å². The van der Waals surface area contributed by atoms with E-state index in [1.54, 1.807) is 12.1 Å². The number of hydrogen-bond acceptors (Lipinski definition) is 3. The quantitative estimate of drug-likeness (QED) is 0.696. The van der Waals surface area contributed by atoms with Crippen LogP contribution >= 0.6 is 11.6 Å². The maximum absolute atomic E-state index is 9.70. The average Bonchev–Trinajstić information content (AvgIpc) is 2.15. The number of halogens is 1. The Morgan fingerprint density at radius 1 is 1.44 bits per heavy atom. The Bertz CT molecular complexity index is 342. The van der Waals surface area contributed by atoms with E-state index in [4.69, 9.17) is 17.3 Å². The second-order valence-electron chi connectivity index (χ2n) is 4.40. The molecule has 3 nitrogen and oxygen atoms in total. The molecule has 0 fully saturated rings. The number of anilines is 2. The smallest absolute Gasteiger partial charge is 0.0715 e. The molecule has 90 valence electrons. The molecule has 4 heteroatoms. The van der Waals surface area contributed by atoms with Gasteiger partial charge < -0.3 is 16.2 Å². The van der Waals surface area contributed by atoms with Crippen molar-refractivity contribution in [3.8, 4) is 0 Å². The summed E-state index contributed by atoms with van der Waals surface area (Å²) in [4.78, 5) is 0. The van der Waals surface area contributed by atoms with Crippen molar-refractivity contribution in [2.24, 2.45) is 5.92 Å². The zero-order chi connectivity index (χ0) is 12.1. The minimum absolute atomic E-state index is 0.352. The minimum atomic E-state index is -0.352. The van der Waals surface area contributed by atoms with Crippen molar-refractivity contribution >= 4 is 23.0 Å². The monoisotopic (exact) mass is 242 g/mol. The number of nitrogen functional groups attached to an aromatic ring is 1. The van der Waals surface area contributed by atoms with Crippen LogP contribution in [0, 0.1) is 5.92 Å². The molecule has 1 atom stereocenters. The van der Waals surface area contributed by atoms with Crippen molar-refractivity contribution in [1.82, 2.24) is 0 Å². The molecule has 0 saturated heterocycles. The number of rotatable bonds is 5. The van der Waals surface area contributed by atoms with E-state index >= 15 is 0 Å². The molecule has 0 spiro atoms. The van der Waals surface area contributed by atoms with E-state index in [0.29, 0.717) is 23.2 Å². The molecule has 0 heterocycles. The van der Waals surface area contributed by atoms with Gasteiger partial charge in [-0.2, -0.15) is 0 Å². The van der Waals surface area contributed by atoms with Crippen LogP contribution in [0.2, 0.25) is 5.02 Å². The van der Waals surface area contributed by atoms with E-state index in [-0.39, 0.29) is 6.10 Å². The highest BCUT2D eigenvalue weighted by atomic mass is 35.5. The molecule has 1 aromatic rings. The van der Waals surface area contributed by atoms with Gasteiger partial charge in [-0.05, 0) is 30.5 Å². The Labute approximate surface area is 102 Å². The molecule has 0 amide bonds. The second-order valence-corrected chi connectivity index (χ2v) is 4.83. The van der Waals surface area contributed by atoms with Crippen LogP contribution in [0.1, 0.15) is 20.3 Å². The molecule has 0 saturated carbocycles. The first-order valence-electron chi connectivity index (χ1n) is 5.46. The summed E-state index contributed by atoms with van der Waals surface area (Å²) in [7, 11) is 0. The van der Waals surface area contributed by atoms with Crippen molar-refractivity contribution in [1.29, 1.82) is 0 Å². The summed E-state index contributed by atoms with van der Waals surface area (Å²) in [5.41, 5.74) is 7.19. The van der Waals surface area contributed by atoms with Crippen molar-refractivity contribution in [3.63, 3.8) is 0 Å². The molecule has 0 aromatic heterocycles. The third-order valence-electron chi connectivity index (χ3n) is 2.29. The molecule has 1 aromatic carbocycles. The fourth-order valence-corrected chi connectivity index (χ4v) is 1.73. The van der Waals surface area contributed by atoms with Crippen LogP contribution in [0.3, 0.4) is 0 Å². The molecule has 0 bridgehead atoms. The predicted octanol–water partition coefficient (Wildman–Crippen LogP) is 2.74. The van der Waals surface area contributed by atoms with Gasteiger partial charge in [0.15, 0.2) is 0 Å². The molecule has 1 rings (SSSR count). The highest BCUT2D eigenvalue weighted by Gasteiger charge is 2.07. The van der Waals surface area contributed by atoms with Gasteiger partial charge >= 0.3 is 0 Å². The first-order valence-corrected chi connectivity index (χ1v) is 5.83. The third-order valence-corrected chi connectivity index (χ3v) is 2.52. The molecule has 16 heavy (non-hydrogen) atoms. The normalized spacial score (nSPS) is 12.8. The maximum atomic E-state index is 9.70. The SMILES string of the molecule is CC(C)CC(O)CNc1ccc(Cl)cc1N. The summed E-state index contributed by atoms with van der Waals surface area (Å²) in [6.45, 7) is 4.67. The van der Waals surface area contributed by atoms with E-state index in [1.807, 2.05) is 6.07 Å². The van der Waals surface area contributed by atoms with Gasteiger partial charge in [-0.25, -0.2) is 0 Å². The van der Waals surface area contributed by atoms with Gasteiger partial charge in [0.05, 0.1) is 17.5 Å². The van der Waals surface area contributed by atoms with Gasteiger partial charge in [0, 0.05) is 11.6 Å². The zero-order valence-electron chi connectivity index (χ0n) is 9.70. The van der Waals surface area contributed by atoms with Crippen LogP contribution in [-0.2, 0) is 0 Å². The maximum Gasteiger partial charge on any atom is 0.0715 e. The standard InChI is InChI=1S/C12H19ClN2O/c1-8(2)5-10(16)7-15-12-4-3-9(13)6-11(12)14/h3-4,6,8,10,15-16H,5,7,14H2,1-2H3. The molecule has 1 unspecified atom stereocenters. The topological polar surface area (TPSA) is 58.3 Å².